The Morgan fingerprint density at radius 2 is 2.06 bits per heavy atom. The molecule has 1 fully saturated rings. The SMILES string of the molecule is CC1CCC(N(C)C(=O)CSc2nc3cc(Cl)ccc3c(=O)n2Cc2ccco2)CC1. The van der Waals surface area contributed by atoms with Crippen molar-refractivity contribution in [2.24, 2.45) is 5.92 Å². The molecule has 4 rings (SSSR count). The number of fused-ring (bicyclic) bond motifs is 1. The molecule has 2 aromatic heterocycles. The van der Waals surface area contributed by atoms with Gasteiger partial charge < -0.3 is 9.32 Å². The lowest BCUT2D eigenvalue weighted by Gasteiger charge is -2.33. The predicted molar refractivity (Wildman–Crippen MR) is 124 cm³/mol. The van der Waals surface area contributed by atoms with Crippen LogP contribution in [0.15, 0.2) is 51.0 Å². The van der Waals surface area contributed by atoms with Crippen LogP contribution in [0.25, 0.3) is 10.9 Å². The summed E-state index contributed by atoms with van der Waals surface area (Å²) in [6.45, 7) is 2.52. The number of carbonyl (C=O) groups is 1. The number of amides is 1. The minimum absolute atomic E-state index is 0.0505. The van der Waals surface area contributed by atoms with Crippen LogP contribution in [0.4, 0.5) is 0 Å². The highest BCUT2D eigenvalue weighted by Crippen LogP contribution is 2.27. The first kappa shape index (κ1) is 22.0. The molecule has 0 spiro atoms. The number of rotatable bonds is 6. The molecule has 8 heteroatoms. The Hall–Kier alpha value is -2.25. The van der Waals surface area contributed by atoms with Crippen LogP contribution in [0.2, 0.25) is 5.02 Å². The van der Waals surface area contributed by atoms with E-state index in [0.29, 0.717) is 26.8 Å². The van der Waals surface area contributed by atoms with E-state index in [1.54, 1.807) is 35.1 Å². The van der Waals surface area contributed by atoms with E-state index in [2.05, 4.69) is 11.9 Å². The molecule has 0 aliphatic heterocycles. The minimum atomic E-state index is -0.178. The molecular weight excluding hydrogens is 434 g/mol. The maximum absolute atomic E-state index is 13.2. The van der Waals surface area contributed by atoms with E-state index in [-0.39, 0.29) is 29.8 Å². The van der Waals surface area contributed by atoms with Crippen LogP contribution in [0, 0.1) is 5.92 Å². The molecule has 1 aliphatic rings. The topological polar surface area (TPSA) is 68.3 Å². The fourth-order valence-corrected chi connectivity index (χ4v) is 5.13. The highest BCUT2D eigenvalue weighted by atomic mass is 35.5. The Labute approximate surface area is 190 Å². The van der Waals surface area contributed by atoms with Crippen LogP contribution < -0.4 is 5.56 Å². The lowest BCUT2D eigenvalue weighted by Crippen LogP contribution is -2.40. The lowest BCUT2D eigenvalue weighted by atomic mass is 9.87. The molecule has 0 unspecified atom stereocenters. The van der Waals surface area contributed by atoms with Gasteiger partial charge in [0.25, 0.3) is 5.56 Å². The molecule has 0 radical (unpaired) electrons. The Balaban J connectivity index is 1.58. The molecule has 0 saturated heterocycles. The summed E-state index contributed by atoms with van der Waals surface area (Å²) in [5, 5.41) is 1.48. The van der Waals surface area contributed by atoms with Crippen LogP contribution in [0.5, 0.6) is 0 Å². The van der Waals surface area contributed by atoms with Gasteiger partial charge in [0, 0.05) is 18.1 Å². The summed E-state index contributed by atoms with van der Waals surface area (Å²) >= 11 is 7.39. The molecular formula is C23H26ClN3O3S. The largest absolute Gasteiger partial charge is 0.467 e. The molecule has 0 atom stereocenters. The first-order valence-electron chi connectivity index (χ1n) is 10.5. The smallest absolute Gasteiger partial charge is 0.262 e. The summed E-state index contributed by atoms with van der Waals surface area (Å²) in [5.74, 6) is 1.66. The van der Waals surface area contributed by atoms with Gasteiger partial charge in [-0.2, -0.15) is 0 Å². The van der Waals surface area contributed by atoms with Crippen molar-refractivity contribution >= 4 is 40.2 Å². The Kier molecular flexibility index (Phi) is 6.72. The van der Waals surface area contributed by atoms with Gasteiger partial charge in [-0.3, -0.25) is 14.2 Å². The summed E-state index contributed by atoms with van der Waals surface area (Å²) in [7, 11) is 1.88. The number of benzene rings is 1. The van der Waals surface area contributed by atoms with Crippen LogP contribution in [-0.2, 0) is 11.3 Å². The van der Waals surface area contributed by atoms with E-state index in [1.807, 2.05) is 18.0 Å². The zero-order valence-corrected chi connectivity index (χ0v) is 19.3. The monoisotopic (exact) mass is 459 g/mol. The maximum Gasteiger partial charge on any atom is 0.262 e. The van der Waals surface area contributed by atoms with Gasteiger partial charge in [-0.15, -0.1) is 0 Å². The molecule has 6 nitrogen and oxygen atoms in total. The fourth-order valence-electron chi connectivity index (χ4n) is 4.04. The van der Waals surface area contributed by atoms with Crippen LogP contribution in [-0.4, -0.2) is 39.2 Å². The third-order valence-corrected chi connectivity index (χ3v) is 7.22. The molecule has 2 heterocycles. The number of carbonyl (C=O) groups excluding carboxylic acids is 1. The van der Waals surface area contributed by atoms with Crippen LogP contribution in [0.1, 0.15) is 38.4 Å². The van der Waals surface area contributed by atoms with E-state index >= 15 is 0 Å². The first-order valence-corrected chi connectivity index (χ1v) is 11.9. The number of thioether (sulfide) groups is 1. The Bertz CT molecular complexity index is 1120. The second kappa shape index (κ2) is 9.49. The summed E-state index contributed by atoms with van der Waals surface area (Å²) in [6.07, 6.45) is 5.98. The number of nitrogens with zero attached hydrogens (tertiary/aromatic N) is 3. The number of hydrogen-bond donors (Lipinski definition) is 0. The second-order valence-electron chi connectivity index (χ2n) is 8.23. The summed E-state index contributed by atoms with van der Waals surface area (Å²) < 4.78 is 7.00. The van der Waals surface area contributed by atoms with E-state index in [1.165, 1.54) is 11.8 Å². The standard InChI is InChI=1S/C23H26ClN3O3S/c1-15-5-8-17(9-6-15)26(2)21(28)14-31-23-25-20-12-16(24)7-10-19(20)22(29)27(23)13-18-4-3-11-30-18/h3-4,7,10-12,15,17H,5-6,8-9,13-14H2,1-2H3. The molecule has 0 bridgehead atoms. The zero-order chi connectivity index (χ0) is 22.0. The molecule has 1 amide bonds. The maximum atomic E-state index is 13.2. The zero-order valence-electron chi connectivity index (χ0n) is 17.7. The van der Waals surface area contributed by atoms with Crippen molar-refractivity contribution in [3.05, 3.63) is 57.7 Å². The second-order valence-corrected chi connectivity index (χ2v) is 9.61. The molecule has 1 saturated carbocycles. The van der Waals surface area contributed by atoms with E-state index in [0.717, 1.165) is 31.6 Å². The normalized spacial score (nSPS) is 18.9. The van der Waals surface area contributed by atoms with Gasteiger partial charge in [-0.25, -0.2) is 4.98 Å². The molecule has 3 aromatic rings. The summed E-state index contributed by atoms with van der Waals surface area (Å²) in [4.78, 5) is 32.6. The Morgan fingerprint density at radius 3 is 2.77 bits per heavy atom. The van der Waals surface area contributed by atoms with Crippen molar-refractivity contribution in [1.82, 2.24) is 14.5 Å². The Morgan fingerprint density at radius 1 is 1.29 bits per heavy atom. The quantitative estimate of drug-likeness (QED) is 0.390. The molecule has 1 aliphatic carbocycles. The highest BCUT2D eigenvalue weighted by Gasteiger charge is 2.25. The van der Waals surface area contributed by atoms with E-state index < -0.39 is 0 Å². The number of hydrogen-bond acceptors (Lipinski definition) is 5. The predicted octanol–water partition coefficient (Wildman–Crippen LogP) is 4.82. The van der Waals surface area contributed by atoms with Gasteiger partial charge in [0.15, 0.2) is 5.16 Å². The minimum Gasteiger partial charge on any atom is -0.467 e. The van der Waals surface area contributed by atoms with Gasteiger partial charge in [-0.05, 0) is 61.9 Å². The molecule has 31 heavy (non-hydrogen) atoms. The van der Waals surface area contributed by atoms with Crippen molar-refractivity contribution < 1.29 is 9.21 Å². The average molecular weight is 460 g/mol. The summed E-state index contributed by atoms with van der Waals surface area (Å²) in [5.41, 5.74) is 0.348. The average Bonchev–Trinajstić information content (AvgIpc) is 3.27. The van der Waals surface area contributed by atoms with Crippen molar-refractivity contribution in [2.75, 3.05) is 12.8 Å². The van der Waals surface area contributed by atoms with Gasteiger partial charge >= 0.3 is 0 Å². The number of aromatic nitrogens is 2. The van der Waals surface area contributed by atoms with Gasteiger partial charge in [0.1, 0.15) is 5.76 Å². The van der Waals surface area contributed by atoms with E-state index in [9.17, 15) is 9.59 Å². The van der Waals surface area contributed by atoms with Gasteiger partial charge in [-0.1, -0.05) is 30.3 Å². The van der Waals surface area contributed by atoms with Crippen molar-refractivity contribution in [3.8, 4) is 0 Å². The van der Waals surface area contributed by atoms with Crippen LogP contribution >= 0.6 is 23.4 Å². The van der Waals surface area contributed by atoms with E-state index in [4.69, 9.17) is 16.0 Å². The fraction of sp³-hybridized carbons (Fsp3) is 0.435. The van der Waals surface area contributed by atoms with Crippen molar-refractivity contribution in [2.45, 2.75) is 50.4 Å². The van der Waals surface area contributed by atoms with Crippen LogP contribution in [0.3, 0.4) is 0 Å². The summed E-state index contributed by atoms with van der Waals surface area (Å²) in [6, 6.07) is 8.93. The van der Waals surface area contributed by atoms with Crippen molar-refractivity contribution in [3.63, 3.8) is 0 Å². The van der Waals surface area contributed by atoms with Crippen molar-refractivity contribution in [1.29, 1.82) is 0 Å². The third-order valence-electron chi connectivity index (χ3n) is 6.03. The first-order chi connectivity index (χ1) is 14.9. The van der Waals surface area contributed by atoms with Gasteiger partial charge in [0.05, 0.1) is 29.5 Å². The third kappa shape index (κ3) is 4.99. The number of halogens is 1. The van der Waals surface area contributed by atoms with Gasteiger partial charge in [0.2, 0.25) is 5.91 Å². The number of furan rings is 1. The molecule has 0 N–H and O–H groups in total. The lowest BCUT2D eigenvalue weighted by molar-refractivity contribution is -0.129. The molecule has 1 aromatic carbocycles. The molecule has 164 valence electrons. The highest BCUT2D eigenvalue weighted by molar-refractivity contribution is 7.99.